The Labute approximate surface area is 131 Å². The molecule has 3 rings (SSSR count). The quantitative estimate of drug-likeness (QED) is 0.698. The van der Waals surface area contributed by atoms with E-state index in [1.807, 2.05) is 12.3 Å². The normalized spacial score (nSPS) is 10.9. The minimum Gasteiger partial charge on any atom is -0.367 e. The molecule has 0 aliphatic heterocycles. The zero-order valence-corrected chi connectivity index (χ0v) is 13.0. The Balaban J connectivity index is 2.04. The van der Waals surface area contributed by atoms with Crippen LogP contribution in [0.1, 0.15) is 19.4 Å². The predicted molar refractivity (Wildman–Crippen MR) is 96.0 cm³/mol. The number of hydrogen-bond donors (Lipinski definition) is 1. The van der Waals surface area contributed by atoms with Gasteiger partial charge < -0.3 is 5.32 Å². The molecule has 0 saturated carbocycles. The number of benzene rings is 2. The van der Waals surface area contributed by atoms with Gasteiger partial charge in [-0.15, -0.1) is 0 Å². The molecule has 0 bridgehead atoms. The van der Waals surface area contributed by atoms with Crippen LogP contribution in [-0.4, -0.2) is 11.0 Å². The molecule has 0 spiro atoms. The fourth-order valence-electron chi connectivity index (χ4n) is 2.56. The van der Waals surface area contributed by atoms with E-state index in [0.717, 1.165) is 16.9 Å². The molecule has 1 N–H and O–H groups in total. The molecule has 0 fully saturated rings. The van der Waals surface area contributed by atoms with Crippen LogP contribution in [0.15, 0.2) is 61.3 Å². The molecular weight excluding hydrogens is 268 g/mol. The Kier molecular flexibility index (Phi) is 3.92. The summed E-state index contributed by atoms with van der Waals surface area (Å²) in [4.78, 5) is 4.56. The number of rotatable bonds is 4. The SMILES string of the molecule is C=Cc1cc(-c2ccc3ccccc3c2)cnc1NC(C)C. The highest BCUT2D eigenvalue weighted by molar-refractivity contribution is 5.87. The number of hydrogen-bond acceptors (Lipinski definition) is 2. The Morgan fingerprint density at radius 2 is 1.77 bits per heavy atom. The van der Waals surface area contributed by atoms with Crippen LogP contribution >= 0.6 is 0 Å². The van der Waals surface area contributed by atoms with Crippen LogP contribution < -0.4 is 5.32 Å². The van der Waals surface area contributed by atoms with E-state index in [2.05, 4.69) is 79.3 Å². The van der Waals surface area contributed by atoms with Crippen molar-refractivity contribution in [3.8, 4) is 11.1 Å². The van der Waals surface area contributed by atoms with Crippen molar-refractivity contribution in [2.45, 2.75) is 19.9 Å². The molecule has 0 atom stereocenters. The molecule has 22 heavy (non-hydrogen) atoms. The van der Waals surface area contributed by atoms with Gasteiger partial charge in [-0.05, 0) is 42.3 Å². The summed E-state index contributed by atoms with van der Waals surface area (Å²) in [6.45, 7) is 8.11. The fraction of sp³-hybridized carbons (Fsp3) is 0.150. The second-order valence-corrected chi connectivity index (χ2v) is 5.73. The zero-order valence-electron chi connectivity index (χ0n) is 13.0. The van der Waals surface area contributed by atoms with Crippen molar-refractivity contribution < 1.29 is 0 Å². The van der Waals surface area contributed by atoms with E-state index < -0.39 is 0 Å². The average Bonchev–Trinajstić information content (AvgIpc) is 2.54. The van der Waals surface area contributed by atoms with Gasteiger partial charge in [0.05, 0.1) is 0 Å². The van der Waals surface area contributed by atoms with Crippen LogP contribution in [0.4, 0.5) is 5.82 Å². The standard InChI is InChI=1S/C20H20N2/c1-4-15-11-19(13-21-20(15)22-14(2)3)18-10-9-16-7-5-6-8-17(16)12-18/h4-14H,1H2,2-3H3,(H,21,22). The third-order valence-corrected chi connectivity index (χ3v) is 3.65. The molecule has 2 aromatic carbocycles. The van der Waals surface area contributed by atoms with Gasteiger partial charge in [0.15, 0.2) is 0 Å². The van der Waals surface area contributed by atoms with E-state index >= 15 is 0 Å². The lowest BCUT2D eigenvalue weighted by Gasteiger charge is -2.13. The molecule has 2 heteroatoms. The molecule has 3 aromatic rings. The summed E-state index contributed by atoms with van der Waals surface area (Å²) < 4.78 is 0. The summed E-state index contributed by atoms with van der Waals surface area (Å²) in [5, 5.41) is 5.84. The minimum atomic E-state index is 0.345. The zero-order chi connectivity index (χ0) is 15.5. The van der Waals surface area contributed by atoms with E-state index in [-0.39, 0.29) is 0 Å². The van der Waals surface area contributed by atoms with E-state index in [0.29, 0.717) is 6.04 Å². The summed E-state index contributed by atoms with van der Waals surface area (Å²) in [5.74, 6) is 0.884. The van der Waals surface area contributed by atoms with Gasteiger partial charge in [-0.3, -0.25) is 0 Å². The monoisotopic (exact) mass is 288 g/mol. The van der Waals surface area contributed by atoms with Gasteiger partial charge in [0.25, 0.3) is 0 Å². The summed E-state index contributed by atoms with van der Waals surface area (Å²) in [6.07, 6.45) is 3.77. The Morgan fingerprint density at radius 3 is 2.50 bits per heavy atom. The molecular formula is C20H20N2. The molecule has 110 valence electrons. The topological polar surface area (TPSA) is 24.9 Å². The van der Waals surface area contributed by atoms with Crippen LogP contribution in [0.2, 0.25) is 0 Å². The van der Waals surface area contributed by atoms with Crippen LogP contribution in [0.25, 0.3) is 28.0 Å². The van der Waals surface area contributed by atoms with Crippen molar-refractivity contribution in [2.24, 2.45) is 0 Å². The third-order valence-electron chi connectivity index (χ3n) is 3.65. The average molecular weight is 288 g/mol. The molecule has 0 radical (unpaired) electrons. The van der Waals surface area contributed by atoms with Gasteiger partial charge in [0.2, 0.25) is 0 Å². The number of pyridine rings is 1. The summed E-state index contributed by atoms with van der Waals surface area (Å²) in [7, 11) is 0. The predicted octanol–water partition coefficient (Wildman–Crippen LogP) is 5.37. The highest BCUT2D eigenvalue weighted by atomic mass is 15.0. The first-order valence-electron chi connectivity index (χ1n) is 7.55. The molecule has 2 nitrogen and oxygen atoms in total. The van der Waals surface area contributed by atoms with Crippen molar-refractivity contribution in [3.05, 3.63) is 66.9 Å². The number of nitrogens with one attached hydrogen (secondary N) is 1. The van der Waals surface area contributed by atoms with Crippen molar-refractivity contribution in [3.63, 3.8) is 0 Å². The van der Waals surface area contributed by atoms with Gasteiger partial charge in [-0.2, -0.15) is 0 Å². The van der Waals surface area contributed by atoms with Gasteiger partial charge in [0.1, 0.15) is 5.82 Å². The molecule has 1 heterocycles. The van der Waals surface area contributed by atoms with Crippen molar-refractivity contribution in [2.75, 3.05) is 5.32 Å². The Bertz CT molecular complexity index is 819. The van der Waals surface area contributed by atoms with E-state index in [1.54, 1.807) is 0 Å². The molecule has 0 amide bonds. The number of fused-ring (bicyclic) bond motifs is 1. The van der Waals surface area contributed by atoms with Crippen LogP contribution in [-0.2, 0) is 0 Å². The molecule has 0 saturated heterocycles. The highest BCUT2D eigenvalue weighted by Crippen LogP contribution is 2.27. The molecule has 0 aliphatic rings. The summed E-state index contributed by atoms with van der Waals surface area (Å²) >= 11 is 0. The smallest absolute Gasteiger partial charge is 0.133 e. The number of nitrogens with zero attached hydrogens (tertiary/aromatic N) is 1. The van der Waals surface area contributed by atoms with Crippen molar-refractivity contribution in [1.82, 2.24) is 4.98 Å². The first-order chi connectivity index (χ1) is 10.7. The van der Waals surface area contributed by atoms with E-state index in [4.69, 9.17) is 0 Å². The van der Waals surface area contributed by atoms with Gasteiger partial charge in [-0.1, -0.05) is 49.1 Å². The van der Waals surface area contributed by atoms with E-state index in [1.165, 1.54) is 16.3 Å². The van der Waals surface area contributed by atoms with Gasteiger partial charge in [-0.25, -0.2) is 4.98 Å². The minimum absolute atomic E-state index is 0.345. The lowest BCUT2D eigenvalue weighted by Crippen LogP contribution is -2.12. The lowest BCUT2D eigenvalue weighted by atomic mass is 10.0. The number of anilines is 1. The largest absolute Gasteiger partial charge is 0.367 e. The number of aromatic nitrogens is 1. The maximum atomic E-state index is 4.56. The maximum absolute atomic E-state index is 4.56. The van der Waals surface area contributed by atoms with E-state index in [9.17, 15) is 0 Å². The summed E-state index contributed by atoms with van der Waals surface area (Å²) in [6, 6.07) is 17.4. The van der Waals surface area contributed by atoms with Crippen molar-refractivity contribution >= 4 is 22.7 Å². The van der Waals surface area contributed by atoms with Gasteiger partial charge in [0, 0.05) is 23.4 Å². The maximum Gasteiger partial charge on any atom is 0.133 e. The first kappa shape index (κ1) is 14.3. The first-order valence-corrected chi connectivity index (χ1v) is 7.55. The molecule has 0 aliphatic carbocycles. The van der Waals surface area contributed by atoms with Crippen LogP contribution in [0.3, 0.4) is 0 Å². The lowest BCUT2D eigenvalue weighted by molar-refractivity contribution is 0.888. The third kappa shape index (κ3) is 2.86. The van der Waals surface area contributed by atoms with Crippen molar-refractivity contribution in [1.29, 1.82) is 0 Å². The second kappa shape index (κ2) is 6.02. The molecule has 1 aromatic heterocycles. The highest BCUT2D eigenvalue weighted by Gasteiger charge is 2.06. The summed E-state index contributed by atoms with van der Waals surface area (Å²) in [5.41, 5.74) is 3.31. The van der Waals surface area contributed by atoms with Crippen LogP contribution in [0, 0.1) is 0 Å². The second-order valence-electron chi connectivity index (χ2n) is 5.73. The Hall–Kier alpha value is -2.61. The van der Waals surface area contributed by atoms with Crippen LogP contribution in [0.5, 0.6) is 0 Å². The fourth-order valence-corrected chi connectivity index (χ4v) is 2.56. The molecule has 0 unspecified atom stereocenters. The van der Waals surface area contributed by atoms with Gasteiger partial charge >= 0.3 is 0 Å². The Morgan fingerprint density at radius 1 is 1.00 bits per heavy atom.